The largest absolute Gasteiger partial charge is 0.339 e. The van der Waals surface area contributed by atoms with Crippen LogP contribution in [0.1, 0.15) is 19.2 Å². The number of Topliss-reactive ketones (excluding diaryl/α,β-unsaturated/α-hetero) is 1. The lowest BCUT2D eigenvalue weighted by atomic mass is 10.2. The van der Waals surface area contributed by atoms with Crippen LogP contribution in [0, 0.1) is 0 Å². The second-order valence-corrected chi connectivity index (χ2v) is 3.45. The van der Waals surface area contributed by atoms with Crippen LogP contribution in [0.5, 0.6) is 0 Å². The smallest absolute Gasteiger partial charge is 0.234 e. The number of benzene rings is 1. The van der Waals surface area contributed by atoms with Crippen molar-refractivity contribution in [3.63, 3.8) is 0 Å². The number of nitrogens with zero attached hydrogens (tertiary/aromatic N) is 2. The summed E-state index contributed by atoms with van der Waals surface area (Å²) < 4.78 is 5.01. The molecule has 2 aromatic rings. The number of hydrogen-bond donors (Lipinski definition) is 0. The van der Waals surface area contributed by atoms with Crippen LogP contribution in [0.4, 0.5) is 0 Å². The van der Waals surface area contributed by atoms with Crippen LogP contribution in [0.15, 0.2) is 34.9 Å². The van der Waals surface area contributed by atoms with Gasteiger partial charge in [0.25, 0.3) is 0 Å². The maximum atomic E-state index is 11.2. The fourth-order valence-corrected chi connectivity index (χ4v) is 1.32. The Morgan fingerprint density at radius 3 is 2.75 bits per heavy atom. The lowest BCUT2D eigenvalue weighted by Crippen LogP contribution is -2.00. The summed E-state index contributed by atoms with van der Waals surface area (Å²) in [5.74, 6) is 1.01. The van der Waals surface area contributed by atoms with E-state index in [-0.39, 0.29) is 12.2 Å². The van der Waals surface area contributed by atoms with Gasteiger partial charge in [0.05, 0.1) is 6.42 Å². The van der Waals surface area contributed by atoms with Gasteiger partial charge in [-0.1, -0.05) is 42.4 Å². The quantitative estimate of drug-likeness (QED) is 0.786. The zero-order valence-corrected chi connectivity index (χ0v) is 9.01. The number of ketones is 1. The fourth-order valence-electron chi connectivity index (χ4n) is 1.32. The minimum absolute atomic E-state index is 0.100. The minimum atomic E-state index is 0.100. The van der Waals surface area contributed by atoms with Crippen molar-refractivity contribution >= 4 is 5.78 Å². The van der Waals surface area contributed by atoms with E-state index >= 15 is 0 Å². The van der Waals surface area contributed by atoms with E-state index in [0.29, 0.717) is 18.1 Å². The Balaban J connectivity index is 2.17. The van der Waals surface area contributed by atoms with Gasteiger partial charge in [0, 0.05) is 12.0 Å². The first-order chi connectivity index (χ1) is 7.79. The molecule has 0 N–H and O–H groups in total. The Bertz CT molecular complexity index is 477. The van der Waals surface area contributed by atoms with Crippen molar-refractivity contribution in [3.05, 3.63) is 36.2 Å². The van der Waals surface area contributed by atoms with Crippen molar-refractivity contribution in [2.75, 3.05) is 0 Å². The maximum Gasteiger partial charge on any atom is 0.234 e. The molecule has 0 spiro atoms. The summed E-state index contributed by atoms with van der Waals surface area (Å²) in [6, 6.07) is 9.53. The molecule has 16 heavy (non-hydrogen) atoms. The van der Waals surface area contributed by atoms with Crippen molar-refractivity contribution in [3.8, 4) is 11.4 Å². The predicted octanol–water partition coefficient (Wildman–Crippen LogP) is 2.26. The number of aromatic nitrogens is 2. The first-order valence-corrected chi connectivity index (χ1v) is 5.19. The highest BCUT2D eigenvalue weighted by atomic mass is 16.5. The Morgan fingerprint density at radius 2 is 2.06 bits per heavy atom. The average Bonchev–Trinajstić information content (AvgIpc) is 2.78. The monoisotopic (exact) mass is 216 g/mol. The van der Waals surface area contributed by atoms with Gasteiger partial charge in [0.15, 0.2) is 0 Å². The first kappa shape index (κ1) is 10.5. The molecule has 0 aliphatic carbocycles. The topological polar surface area (TPSA) is 56.0 Å². The second-order valence-electron chi connectivity index (χ2n) is 3.45. The predicted molar refractivity (Wildman–Crippen MR) is 58.7 cm³/mol. The summed E-state index contributed by atoms with van der Waals surface area (Å²) in [4.78, 5) is 15.4. The molecule has 1 heterocycles. The molecular formula is C12H12N2O2. The van der Waals surface area contributed by atoms with Crippen molar-refractivity contribution < 1.29 is 9.32 Å². The zero-order chi connectivity index (χ0) is 11.4. The van der Waals surface area contributed by atoms with Crippen LogP contribution < -0.4 is 0 Å². The van der Waals surface area contributed by atoms with Crippen LogP contribution in [-0.2, 0) is 11.2 Å². The number of carbonyl (C=O) groups is 1. The molecular weight excluding hydrogens is 204 g/mol. The third-order valence-corrected chi connectivity index (χ3v) is 2.24. The zero-order valence-electron chi connectivity index (χ0n) is 9.01. The van der Waals surface area contributed by atoms with Crippen molar-refractivity contribution in [1.82, 2.24) is 10.1 Å². The molecule has 0 saturated heterocycles. The van der Waals surface area contributed by atoms with E-state index in [1.165, 1.54) is 0 Å². The minimum Gasteiger partial charge on any atom is -0.339 e. The molecule has 0 saturated carbocycles. The van der Waals surface area contributed by atoms with E-state index in [2.05, 4.69) is 10.1 Å². The van der Waals surface area contributed by atoms with E-state index < -0.39 is 0 Å². The standard InChI is InChI=1S/C12H12N2O2/c1-2-10(15)8-11-13-12(14-16-11)9-6-4-3-5-7-9/h3-7H,2,8H2,1H3. The highest BCUT2D eigenvalue weighted by Gasteiger charge is 2.10. The summed E-state index contributed by atoms with van der Waals surface area (Å²) in [6.45, 7) is 1.82. The Hall–Kier alpha value is -1.97. The molecule has 0 radical (unpaired) electrons. The lowest BCUT2D eigenvalue weighted by Gasteiger charge is -1.91. The molecule has 0 fully saturated rings. The highest BCUT2D eigenvalue weighted by Crippen LogP contribution is 2.14. The summed E-state index contributed by atoms with van der Waals surface area (Å²) >= 11 is 0. The van der Waals surface area contributed by atoms with Crippen LogP contribution in [0.3, 0.4) is 0 Å². The maximum absolute atomic E-state index is 11.2. The first-order valence-electron chi connectivity index (χ1n) is 5.19. The van der Waals surface area contributed by atoms with E-state index in [0.717, 1.165) is 5.56 Å². The summed E-state index contributed by atoms with van der Waals surface area (Å²) in [6.07, 6.45) is 0.708. The molecule has 82 valence electrons. The van der Waals surface area contributed by atoms with E-state index in [9.17, 15) is 4.79 Å². The summed E-state index contributed by atoms with van der Waals surface area (Å²) in [7, 11) is 0. The Kier molecular flexibility index (Phi) is 3.10. The molecule has 0 aliphatic heterocycles. The highest BCUT2D eigenvalue weighted by molar-refractivity contribution is 5.79. The van der Waals surface area contributed by atoms with E-state index in [4.69, 9.17) is 4.52 Å². The summed E-state index contributed by atoms with van der Waals surface area (Å²) in [5.41, 5.74) is 0.890. The molecule has 4 heteroatoms. The lowest BCUT2D eigenvalue weighted by molar-refractivity contribution is -0.118. The van der Waals surface area contributed by atoms with E-state index in [1.807, 2.05) is 37.3 Å². The Morgan fingerprint density at radius 1 is 1.31 bits per heavy atom. The van der Waals surface area contributed by atoms with Crippen LogP contribution in [0.2, 0.25) is 0 Å². The number of hydrogen-bond acceptors (Lipinski definition) is 4. The number of rotatable bonds is 4. The molecule has 0 unspecified atom stereocenters. The molecule has 1 aromatic heterocycles. The SMILES string of the molecule is CCC(=O)Cc1nc(-c2ccccc2)no1. The van der Waals surface area contributed by atoms with Gasteiger partial charge in [-0.2, -0.15) is 4.98 Å². The van der Waals surface area contributed by atoms with Gasteiger partial charge in [-0.25, -0.2) is 0 Å². The van der Waals surface area contributed by atoms with Crippen LogP contribution in [0.25, 0.3) is 11.4 Å². The van der Waals surface area contributed by atoms with Gasteiger partial charge in [0.1, 0.15) is 5.78 Å². The molecule has 0 bridgehead atoms. The van der Waals surface area contributed by atoms with Crippen molar-refractivity contribution in [2.24, 2.45) is 0 Å². The Labute approximate surface area is 93.3 Å². The number of carbonyl (C=O) groups excluding carboxylic acids is 1. The molecule has 0 atom stereocenters. The van der Waals surface area contributed by atoms with Crippen molar-refractivity contribution in [2.45, 2.75) is 19.8 Å². The molecule has 1 aromatic carbocycles. The third-order valence-electron chi connectivity index (χ3n) is 2.24. The molecule has 4 nitrogen and oxygen atoms in total. The van der Waals surface area contributed by atoms with Crippen LogP contribution in [-0.4, -0.2) is 15.9 Å². The van der Waals surface area contributed by atoms with Crippen LogP contribution >= 0.6 is 0 Å². The summed E-state index contributed by atoms with van der Waals surface area (Å²) in [5, 5.41) is 3.84. The van der Waals surface area contributed by atoms with Gasteiger partial charge in [-0.3, -0.25) is 4.79 Å². The molecule has 0 aliphatic rings. The van der Waals surface area contributed by atoms with Crippen molar-refractivity contribution in [1.29, 1.82) is 0 Å². The van der Waals surface area contributed by atoms with Gasteiger partial charge in [0.2, 0.25) is 11.7 Å². The van der Waals surface area contributed by atoms with E-state index in [1.54, 1.807) is 0 Å². The second kappa shape index (κ2) is 4.70. The molecule has 2 rings (SSSR count). The van der Waals surface area contributed by atoms with Gasteiger partial charge in [-0.05, 0) is 0 Å². The molecule has 0 amide bonds. The normalized spacial score (nSPS) is 10.3. The van der Waals surface area contributed by atoms with Gasteiger partial charge >= 0.3 is 0 Å². The average molecular weight is 216 g/mol. The van der Waals surface area contributed by atoms with Gasteiger partial charge in [-0.15, -0.1) is 0 Å². The fraction of sp³-hybridized carbons (Fsp3) is 0.250. The van der Waals surface area contributed by atoms with Gasteiger partial charge < -0.3 is 4.52 Å². The third kappa shape index (κ3) is 2.34.